The lowest BCUT2D eigenvalue weighted by molar-refractivity contribution is 0.193. The van der Waals surface area contributed by atoms with Gasteiger partial charge in [0.15, 0.2) is 5.82 Å². The number of rotatable bonds is 5. The number of urea groups is 1. The van der Waals surface area contributed by atoms with Gasteiger partial charge in [-0.15, -0.1) is 5.10 Å². The lowest BCUT2D eigenvalue weighted by Crippen LogP contribution is -2.50. The van der Waals surface area contributed by atoms with Crippen LogP contribution < -0.4 is 10.0 Å². The first-order chi connectivity index (χ1) is 16.1. The summed E-state index contributed by atoms with van der Waals surface area (Å²) in [6, 6.07) is 16.6. The molecule has 0 saturated carbocycles. The number of para-hydroxylation sites is 1. The minimum Gasteiger partial charge on any atom is -0.324 e. The van der Waals surface area contributed by atoms with Gasteiger partial charge in [-0.05, 0) is 80.4 Å². The van der Waals surface area contributed by atoms with Crippen LogP contribution in [0.15, 0.2) is 54.6 Å². The summed E-state index contributed by atoms with van der Waals surface area (Å²) in [4.78, 5) is 14.4. The summed E-state index contributed by atoms with van der Waals surface area (Å²) in [5, 5.41) is 14.9. The monoisotopic (exact) mass is 483 g/mol. The molecule has 1 aliphatic rings. The number of nitrogens with one attached hydrogen (secondary N) is 2. The summed E-state index contributed by atoms with van der Waals surface area (Å²) < 4.78 is 28.3. The highest BCUT2D eigenvalue weighted by molar-refractivity contribution is 7.90. The number of tetrazole rings is 1. The highest BCUT2D eigenvalue weighted by Gasteiger charge is 2.33. The summed E-state index contributed by atoms with van der Waals surface area (Å²) in [7, 11) is -3.41. The minimum atomic E-state index is -3.41. The van der Waals surface area contributed by atoms with Gasteiger partial charge < -0.3 is 10.2 Å². The Morgan fingerprint density at radius 1 is 1.00 bits per heavy atom. The fourth-order valence-corrected chi connectivity index (χ4v) is 4.64. The molecule has 0 spiro atoms. The van der Waals surface area contributed by atoms with E-state index in [1.54, 1.807) is 30.4 Å². The number of nitrogens with zero attached hydrogens (tertiary/aromatic N) is 5. The number of sulfonamides is 1. The topological polar surface area (TPSA) is 122 Å². The van der Waals surface area contributed by atoms with Gasteiger partial charge in [-0.2, -0.15) is 4.68 Å². The number of amides is 2. The molecule has 10 nitrogen and oxygen atoms in total. The van der Waals surface area contributed by atoms with Crippen LogP contribution in [0.5, 0.6) is 0 Å². The van der Waals surface area contributed by atoms with Crippen LogP contribution in [0.4, 0.5) is 10.5 Å². The number of aromatic nitrogens is 4. The third-order valence-corrected chi connectivity index (χ3v) is 8.03. The van der Waals surface area contributed by atoms with E-state index in [9.17, 15) is 13.2 Å². The van der Waals surface area contributed by atoms with Crippen molar-refractivity contribution in [3.8, 4) is 17.1 Å². The van der Waals surface area contributed by atoms with Gasteiger partial charge in [0.25, 0.3) is 0 Å². The molecule has 2 amide bonds. The van der Waals surface area contributed by atoms with E-state index in [4.69, 9.17) is 0 Å². The molecule has 0 unspecified atom stereocenters. The van der Waals surface area contributed by atoms with Gasteiger partial charge >= 0.3 is 6.03 Å². The molecule has 1 aliphatic heterocycles. The number of anilines is 1. The standard InChI is InChI=1S/C23H29N7O3S/c1-23(2,3)34(32,33)26-19-13-15-29(16-14-19)22(31)24-18-11-9-17(10-12-18)21-25-27-28-30(21)20-7-5-4-6-8-20/h4-12,19,26H,13-16H2,1-3H3,(H,24,31). The van der Waals surface area contributed by atoms with Crippen LogP contribution in [0.2, 0.25) is 0 Å². The van der Waals surface area contributed by atoms with Crippen molar-refractivity contribution in [1.82, 2.24) is 29.8 Å². The molecule has 0 radical (unpaired) electrons. The Kier molecular flexibility index (Phi) is 6.67. The Morgan fingerprint density at radius 2 is 1.65 bits per heavy atom. The Hall–Kier alpha value is -3.31. The molecule has 1 aromatic heterocycles. The number of piperidine rings is 1. The number of hydrogen-bond donors (Lipinski definition) is 2. The Labute approximate surface area is 199 Å². The van der Waals surface area contributed by atoms with Crippen molar-refractivity contribution >= 4 is 21.7 Å². The second-order valence-electron chi connectivity index (χ2n) is 9.25. The third-order valence-electron chi connectivity index (χ3n) is 5.77. The summed E-state index contributed by atoms with van der Waals surface area (Å²) in [6.07, 6.45) is 1.15. The number of hydrogen-bond acceptors (Lipinski definition) is 6. The highest BCUT2D eigenvalue weighted by Crippen LogP contribution is 2.22. The van der Waals surface area contributed by atoms with Crippen LogP contribution in [0.25, 0.3) is 17.1 Å². The van der Waals surface area contributed by atoms with Crippen LogP contribution >= 0.6 is 0 Å². The molecular formula is C23H29N7O3S. The second kappa shape index (κ2) is 9.51. The molecule has 2 aromatic carbocycles. The van der Waals surface area contributed by atoms with E-state index < -0.39 is 14.8 Å². The zero-order chi connectivity index (χ0) is 24.3. The van der Waals surface area contributed by atoms with Gasteiger partial charge in [-0.25, -0.2) is 17.9 Å². The number of benzene rings is 2. The summed E-state index contributed by atoms with van der Waals surface area (Å²) >= 11 is 0. The smallest absolute Gasteiger partial charge is 0.321 e. The predicted molar refractivity (Wildman–Crippen MR) is 130 cm³/mol. The first kappa shape index (κ1) is 23.8. The fraction of sp³-hybridized carbons (Fsp3) is 0.391. The maximum absolute atomic E-state index is 12.7. The predicted octanol–water partition coefficient (Wildman–Crippen LogP) is 3.04. The van der Waals surface area contributed by atoms with Crippen molar-refractivity contribution in [1.29, 1.82) is 0 Å². The van der Waals surface area contributed by atoms with Crippen molar-refractivity contribution in [3.05, 3.63) is 54.6 Å². The second-order valence-corrected chi connectivity index (χ2v) is 11.7. The molecule has 11 heteroatoms. The van der Waals surface area contributed by atoms with Gasteiger partial charge in [0.2, 0.25) is 10.0 Å². The molecule has 1 saturated heterocycles. The van der Waals surface area contributed by atoms with E-state index in [0.717, 1.165) is 11.3 Å². The normalized spacial score (nSPS) is 15.3. The molecule has 4 rings (SSSR count). The highest BCUT2D eigenvalue weighted by atomic mass is 32.2. The average molecular weight is 484 g/mol. The molecule has 1 fully saturated rings. The Balaban J connectivity index is 1.35. The fourth-order valence-electron chi connectivity index (χ4n) is 3.61. The van der Waals surface area contributed by atoms with Crippen LogP contribution in [-0.2, 0) is 10.0 Å². The maximum Gasteiger partial charge on any atom is 0.321 e. The van der Waals surface area contributed by atoms with Crippen LogP contribution in [0, 0.1) is 0 Å². The third kappa shape index (κ3) is 5.26. The summed E-state index contributed by atoms with van der Waals surface area (Å²) in [5.74, 6) is 0.601. The first-order valence-corrected chi connectivity index (χ1v) is 12.6. The lowest BCUT2D eigenvalue weighted by Gasteiger charge is -2.33. The summed E-state index contributed by atoms with van der Waals surface area (Å²) in [6.45, 7) is 5.97. The van der Waals surface area contributed by atoms with E-state index in [1.807, 2.05) is 54.6 Å². The van der Waals surface area contributed by atoms with Crippen LogP contribution in [0.3, 0.4) is 0 Å². The number of carbonyl (C=O) groups excluding carboxylic acids is 1. The van der Waals surface area contributed by atoms with Gasteiger partial charge in [0.05, 0.1) is 10.4 Å². The van der Waals surface area contributed by atoms with E-state index in [1.165, 1.54) is 0 Å². The molecule has 0 bridgehead atoms. The molecule has 34 heavy (non-hydrogen) atoms. The molecule has 2 N–H and O–H groups in total. The van der Waals surface area contributed by atoms with Crippen molar-refractivity contribution in [2.45, 2.75) is 44.4 Å². The minimum absolute atomic E-state index is 0.164. The first-order valence-electron chi connectivity index (χ1n) is 11.2. The summed E-state index contributed by atoms with van der Waals surface area (Å²) in [5.41, 5.74) is 2.33. The Morgan fingerprint density at radius 3 is 2.26 bits per heavy atom. The van der Waals surface area contributed by atoms with E-state index in [0.29, 0.717) is 37.4 Å². The largest absolute Gasteiger partial charge is 0.324 e. The van der Waals surface area contributed by atoms with E-state index >= 15 is 0 Å². The van der Waals surface area contributed by atoms with Gasteiger partial charge in [-0.1, -0.05) is 18.2 Å². The molecule has 0 aliphatic carbocycles. The molecule has 0 atom stereocenters. The quantitative estimate of drug-likeness (QED) is 0.575. The van der Waals surface area contributed by atoms with E-state index in [2.05, 4.69) is 25.6 Å². The van der Waals surface area contributed by atoms with Gasteiger partial charge in [0, 0.05) is 30.4 Å². The molecule has 3 aromatic rings. The van der Waals surface area contributed by atoms with Crippen LogP contribution in [0.1, 0.15) is 33.6 Å². The Bertz CT molecular complexity index is 1230. The van der Waals surface area contributed by atoms with Crippen molar-refractivity contribution in [2.24, 2.45) is 0 Å². The van der Waals surface area contributed by atoms with Gasteiger partial charge in [0.1, 0.15) is 0 Å². The average Bonchev–Trinajstić information content (AvgIpc) is 3.30. The zero-order valence-electron chi connectivity index (χ0n) is 19.5. The van der Waals surface area contributed by atoms with E-state index in [-0.39, 0.29) is 12.1 Å². The zero-order valence-corrected chi connectivity index (χ0v) is 20.3. The van der Waals surface area contributed by atoms with Crippen molar-refractivity contribution in [3.63, 3.8) is 0 Å². The SMILES string of the molecule is CC(C)(C)S(=O)(=O)NC1CCN(C(=O)Nc2ccc(-c3nnnn3-c3ccccc3)cc2)CC1. The lowest BCUT2D eigenvalue weighted by atomic mass is 10.1. The van der Waals surface area contributed by atoms with Gasteiger partial charge in [-0.3, -0.25) is 0 Å². The maximum atomic E-state index is 12.7. The molecule has 180 valence electrons. The molecular weight excluding hydrogens is 454 g/mol. The van der Waals surface area contributed by atoms with Crippen molar-refractivity contribution < 1.29 is 13.2 Å². The number of likely N-dealkylation sites (tertiary alicyclic amines) is 1. The van der Waals surface area contributed by atoms with Crippen LogP contribution in [-0.4, -0.2) is 63.4 Å². The molecule has 2 heterocycles. The number of carbonyl (C=O) groups is 1. The van der Waals surface area contributed by atoms with Crippen molar-refractivity contribution in [2.75, 3.05) is 18.4 Å².